The first-order valence-corrected chi connectivity index (χ1v) is 6.56. The Morgan fingerprint density at radius 1 is 1.53 bits per heavy atom. The molecule has 0 bridgehead atoms. The molecule has 17 heavy (non-hydrogen) atoms. The fourth-order valence-electron chi connectivity index (χ4n) is 2.00. The van der Waals surface area contributed by atoms with E-state index in [4.69, 9.17) is 4.74 Å². The molecular weight excluding hydrogens is 216 g/mol. The molecule has 1 atom stereocenters. The van der Waals surface area contributed by atoms with E-state index in [9.17, 15) is 4.79 Å². The third kappa shape index (κ3) is 4.64. The maximum Gasteiger partial charge on any atom is 0.325 e. The zero-order valence-electron chi connectivity index (χ0n) is 11.6. The van der Waals surface area contributed by atoms with Crippen molar-refractivity contribution in [2.45, 2.75) is 51.1 Å². The summed E-state index contributed by atoms with van der Waals surface area (Å²) in [5.74, 6) is -0.136. The summed E-state index contributed by atoms with van der Waals surface area (Å²) >= 11 is 0. The predicted octanol–water partition coefficient (Wildman–Crippen LogP) is 1.40. The minimum Gasteiger partial charge on any atom is -0.468 e. The SMILES string of the molecule is CCN(C)CCCC(C)(NC1CC1)C(=O)OC. The minimum absolute atomic E-state index is 0.136. The number of hydrogen-bond acceptors (Lipinski definition) is 4. The molecule has 0 spiro atoms. The average Bonchev–Trinajstić information content (AvgIpc) is 3.11. The molecule has 0 aromatic carbocycles. The van der Waals surface area contributed by atoms with E-state index in [1.54, 1.807) is 0 Å². The molecule has 0 aromatic rings. The van der Waals surface area contributed by atoms with E-state index in [-0.39, 0.29) is 5.97 Å². The van der Waals surface area contributed by atoms with Crippen LogP contribution in [0.3, 0.4) is 0 Å². The highest BCUT2D eigenvalue weighted by atomic mass is 16.5. The Kier molecular flexibility index (Phi) is 5.40. The molecule has 4 nitrogen and oxygen atoms in total. The van der Waals surface area contributed by atoms with Gasteiger partial charge in [0.05, 0.1) is 7.11 Å². The van der Waals surface area contributed by atoms with Crippen molar-refractivity contribution in [3.8, 4) is 0 Å². The number of carbonyl (C=O) groups is 1. The molecule has 1 rings (SSSR count). The van der Waals surface area contributed by atoms with E-state index >= 15 is 0 Å². The summed E-state index contributed by atoms with van der Waals surface area (Å²) in [5, 5.41) is 3.42. The zero-order chi connectivity index (χ0) is 12.9. The summed E-state index contributed by atoms with van der Waals surface area (Å²) in [7, 11) is 3.57. The normalized spacial score (nSPS) is 19.1. The summed E-state index contributed by atoms with van der Waals surface area (Å²) in [6.07, 6.45) is 4.21. The lowest BCUT2D eigenvalue weighted by molar-refractivity contribution is -0.148. The van der Waals surface area contributed by atoms with Gasteiger partial charge in [-0.2, -0.15) is 0 Å². The molecule has 1 fully saturated rings. The van der Waals surface area contributed by atoms with E-state index in [1.165, 1.54) is 20.0 Å². The zero-order valence-corrected chi connectivity index (χ0v) is 11.6. The van der Waals surface area contributed by atoms with Crippen molar-refractivity contribution >= 4 is 5.97 Å². The number of esters is 1. The van der Waals surface area contributed by atoms with Crippen LogP contribution in [-0.4, -0.2) is 49.7 Å². The lowest BCUT2D eigenvalue weighted by atomic mass is 9.95. The van der Waals surface area contributed by atoms with Crippen molar-refractivity contribution in [3.05, 3.63) is 0 Å². The Morgan fingerprint density at radius 3 is 2.65 bits per heavy atom. The Hall–Kier alpha value is -0.610. The van der Waals surface area contributed by atoms with E-state index in [1.807, 2.05) is 6.92 Å². The van der Waals surface area contributed by atoms with Gasteiger partial charge in [0, 0.05) is 6.04 Å². The number of nitrogens with zero attached hydrogens (tertiary/aromatic N) is 1. The maximum atomic E-state index is 11.8. The summed E-state index contributed by atoms with van der Waals surface area (Å²) in [5.41, 5.74) is -0.509. The fraction of sp³-hybridized carbons (Fsp3) is 0.923. The standard InChI is InChI=1S/C13H26N2O2/c1-5-15(3)10-6-9-13(2,12(16)17-4)14-11-7-8-11/h11,14H,5-10H2,1-4H3. The molecular formula is C13H26N2O2. The topological polar surface area (TPSA) is 41.6 Å². The monoisotopic (exact) mass is 242 g/mol. The van der Waals surface area contributed by atoms with Crippen LogP contribution < -0.4 is 5.32 Å². The molecule has 1 N–H and O–H groups in total. The van der Waals surface area contributed by atoms with Gasteiger partial charge in [0.15, 0.2) is 0 Å². The van der Waals surface area contributed by atoms with Crippen molar-refractivity contribution in [1.29, 1.82) is 0 Å². The molecule has 0 saturated heterocycles. The highest BCUT2D eigenvalue weighted by molar-refractivity contribution is 5.80. The molecule has 1 saturated carbocycles. The Balaban J connectivity index is 2.42. The van der Waals surface area contributed by atoms with Gasteiger partial charge < -0.3 is 9.64 Å². The van der Waals surface area contributed by atoms with Gasteiger partial charge in [-0.1, -0.05) is 6.92 Å². The summed E-state index contributed by atoms with van der Waals surface area (Å²) in [4.78, 5) is 14.1. The second kappa shape index (κ2) is 6.36. The number of carbonyl (C=O) groups excluding carboxylic acids is 1. The van der Waals surface area contributed by atoms with Crippen LogP contribution in [0.5, 0.6) is 0 Å². The third-order valence-electron chi connectivity index (χ3n) is 3.49. The van der Waals surface area contributed by atoms with Gasteiger partial charge >= 0.3 is 5.97 Å². The van der Waals surface area contributed by atoms with Crippen LogP contribution in [0.25, 0.3) is 0 Å². The van der Waals surface area contributed by atoms with Crippen LogP contribution in [0.1, 0.15) is 39.5 Å². The molecule has 1 unspecified atom stereocenters. The van der Waals surface area contributed by atoms with Gasteiger partial charge in [0.1, 0.15) is 5.54 Å². The summed E-state index contributed by atoms with van der Waals surface area (Å²) in [6.45, 7) is 6.17. The van der Waals surface area contributed by atoms with E-state index in [0.717, 1.165) is 25.9 Å². The van der Waals surface area contributed by atoms with E-state index in [0.29, 0.717) is 6.04 Å². The average molecular weight is 242 g/mol. The van der Waals surface area contributed by atoms with E-state index < -0.39 is 5.54 Å². The number of nitrogens with one attached hydrogen (secondary N) is 1. The lowest BCUT2D eigenvalue weighted by Crippen LogP contribution is -2.51. The number of methoxy groups -OCH3 is 1. The van der Waals surface area contributed by atoms with Gasteiger partial charge in [0.25, 0.3) is 0 Å². The number of rotatable bonds is 8. The quantitative estimate of drug-likeness (QED) is 0.653. The smallest absolute Gasteiger partial charge is 0.325 e. The molecule has 0 heterocycles. The van der Waals surface area contributed by atoms with Crippen LogP contribution in [0.2, 0.25) is 0 Å². The van der Waals surface area contributed by atoms with Gasteiger partial charge in [-0.3, -0.25) is 10.1 Å². The van der Waals surface area contributed by atoms with Crippen molar-refractivity contribution in [2.24, 2.45) is 0 Å². The first-order chi connectivity index (χ1) is 8.01. The molecule has 0 radical (unpaired) electrons. The van der Waals surface area contributed by atoms with Gasteiger partial charge in [0.2, 0.25) is 0 Å². The van der Waals surface area contributed by atoms with Crippen molar-refractivity contribution in [2.75, 3.05) is 27.2 Å². The Morgan fingerprint density at radius 2 is 2.18 bits per heavy atom. The van der Waals surface area contributed by atoms with Gasteiger partial charge in [-0.25, -0.2) is 0 Å². The lowest BCUT2D eigenvalue weighted by Gasteiger charge is -2.29. The molecule has 0 aliphatic heterocycles. The summed E-state index contributed by atoms with van der Waals surface area (Å²) < 4.78 is 4.91. The van der Waals surface area contributed by atoms with Gasteiger partial charge in [-0.05, 0) is 52.7 Å². The van der Waals surface area contributed by atoms with Crippen LogP contribution in [0.15, 0.2) is 0 Å². The molecule has 4 heteroatoms. The second-order valence-corrected chi connectivity index (χ2v) is 5.24. The fourth-order valence-corrected chi connectivity index (χ4v) is 2.00. The Labute approximate surface area is 105 Å². The molecule has 0 amide bonds. The molecule has 1 aliphatic carbocycles. The maximum absolute atomic E-state index is 11.8. The number of hydrogen-bond donors (Lipinski definition) is 1. The van der Waals surface area contributed by atoms with Crippen LogP contribution in [-0.2, 0) is 9.53 Å². The van der Waals surface area contributed by atoms with Crippen molar-refractivity contribution in [1.82, 2.24) is 10.2 Å². The minimum atomic E-state index is -0.509. The van der Waals surface area contributed by atoms with E-state index in [2.05, 4.69) is 24.2 Å². The highest BCUT2D eigenvalue weighted by Gasteiger charge is 2.38. The largest absolute Gasteiger partial charge is 0.468 e. The van der Waals surface area contributed by atoms with Crippen molar-refractivity contribution in [3.63, 3.8) is 0 Å². The van der Waals surface area contributed by atoms with Gasteiger partial charge in [-0.15, -0.1) is 0 Å². The first kappa shape index (κ1) is 14.5. The Bertz CT molecular complexity index is 254. The third-order valence-corrected chi connectivity index (χ3v) is 3.49. The molecule has 0 aromatic heterocycles. The van der Waals surface area contributed by atoms with Crippen molar-refractivity contribution < 1.29 is 9.53 Å². The van der Waals surface area contributed by atoms with Crippen LogP contribution in [0, 0.1) is 0 Å². The highest BCUT2D eigenvalue weighted by Crippen LogP contribution is 2.25. The predicted molar refractivity (Wildman–Crippen MR) is 69.0 cm³/mol. The molecule has 100 valence electrons. The number of ether oxygens (including phenoxy) is 1. The molecule has 1 aliphatic rings. The second-order valence-electron chi connectivity index (χ2n) is 5.24. The summed E-state index contributed by atoms with van der Waals surface area (Å²) in [6, 6.07) is 0.517. The van der Waals surface area contributed by atoms with Crippen LogP contribution in [0.4, 0.5) is 0 Å². The first-order valence-electron chi connectivity index (χ1n) is 6.56. The van der Waals surface area contributed by atoms with Crippen LogP contribution >= 0.6 is 0 Å².